The molecule has 3 aromatic rings. The first-order valence-corrected chi connectivity index (χ1v) is 11.3. The van der Waals surface area contributed by atoms with Gasteiger partial charge in [-0.3, -0.25) is 9.59 Å². The molecule has 0 fully saturated rings. The zero-order chi connectivity index (χ0) is 23.8. The fourth-order valence-corrected chi connectivity index (χ4v) is 3.62. The highest BCUT2D eigenvalue weighted by Gasteiger charge is 2.12. The van der Waals surface area contributed by atoms with E-state index in [0.29, 0.717) is 48.9 Å². The number of carbonyl (C=O) groups is 2. The third-order valence-corrected chi connectivity index (χ3v) is 5.53. The van der Waals surface area contributed by atoms with E-state index in [9.17, 15) is 9.59 Å². The van der Waals surface area contributed by atoms with E-state index in [-0.39, 0.29) is 11.8 Å². The summed E-state index contributed by atoms with van der Waals surface area (Å²) in [7, 11) is 2.03. The number of nitrogens with one attached hydrogen (secondary N) is 2. The molecular weight excluding hydrogens is 430 g/mol. The standard InChI is InChI=1S/C27H29N3O4/c1-30-11-13-33-18-20-5-2-9-24(15-20)28-26(31)22-7-4-8-23(17-22)27(32)29-25-10-3-6-21(16-25)19-34-14-12-30/h2-10,15-17H,11-14,18-19H2,1H3,(H,28,31)(H,29,32). The lowest BCUT2D eigenvalue weighted by Crippen LogP contribution is -2.27. The molecule has 3 aromatic carbocycles. The topological polar surface area (TPSA) is 79.9 Å². The molecule has 2 N–H and O–H groups in total. The average Bonchev–Trinajstić information content (AvgIpc) is 2.84. The van der Waals surface area contributed by atoms with Crippen LogP contribution in [0.25, 0.3) is 0 Å². The molecule has 4 rings (SSSR count). The van der Waals surface area contributed by atoms with Crippen molar-refractivity contribution in [2.75, 3.05) is 44.0 Å². The summed E-state index contributed by atoms with van der Waals surface area (Å²) in [6.07, 6.45) is 0. The first kappa shape index (κ1) is 23.6. The first-order valence-electron chi connectivity index (χ1n) is 11.3. The van der Waals surface area contributed by atoms with Crippen LogP contribution in [0.4, 0.5) is 11.4 Å². The Balaban J connectivity index is 1.55. The summed E-state index contributed by atoms with van der Waals surface area (Å²) < 4.78 is 11.6. The Kier molecular flexibility index (Phi) is 8.04. The zero-order valence-electron chi connectivity index (χ0n) is 19.3. The number of benzene rings is 3. The highest BCUT2D eigenvalue weighted by Crippen LogP contribution is 2.16. The van der Waals surface area contributed by atoms with Gasteiger partial charge >= 0.3 is 0 Å². The summed E-state index contributed by atoms with van der Waals surface area (Å²) >= 11 is 0. The summed E-state index contributed by atoms with van der Waals surface area (Å²) in [5.41, 5.74) is 4.10. The van der Waals surface area contributed by atoms with Crippen LogP contribution in [0, 0.1) is 0 Å². The summed E-state index contributed by atoms with van der Waals surface area (Å²) in [4.78, 5) is 27.8. The summed E-state index contributed by atoms with van der Waals surface area (Å²) in [6, 6.07) is 21.8. The van der Waals surface area contributed by atoms with E-state index in [2.05, 4.69) is 15.5 Å². The molecule has 2 amide bonds. The Bertz CT molecular complexity index is 1060. The van der Waals surface area contributed by atoms with Gasteiger partial charge in [0.15, 0.2) is 0 Å². The maximum atomic E-state index is 12.8. The van der Waals surface area contributed by atoms with Crippen LogP contribution >= 0.6 is 0 Å². The number of carbonyl (C=O) groups excluding carboxylic acids is 2. The van der Waals surface area contributed by atoms with Gasteiger partial charge in [0.05, 0.1) is 26.4 Å². The predicted molar refractivity (Wildman–Crippen MR) is 132 cm³/mol. The number of anilines is 2. The molecule has 0 unspecified atom stereocenters. The normalized spacial score (nSPS) is 16.5. The molecular formula is C27H29N3O4. The van der Waals surface area contributed by atoms with Crippen LogP contribution in [-0.2, 0) is 22.7 Å². The van der Waals surface area contributed by atoms with Crippen LogP contribution in [0.1, 0.15) is 31.8 Å². The van der Waals surface area contributed by atoms with Crippen LogP contribution in [0.15, 0.2) is 72.8 Å². The number of fused-ring (bicyclic) bond motifs is 6. The number of nitrogens with zero attached hydrogens (tertiary/aromatic N) is 1. The minimum atomic E-state index is -0.282. The molecule has 0 saturated heterocycles. The fraction of sp³-hybridized carbons (Fsp3) is 0.259. The molecule has 1 aliphatic heterocycles. The molecule has 34 heavy (non-hydrogen) atoms. The fourth-order valence-electron chi connectivity index (χ4n) is 3.62. The smallest absolute Gasteiger partial charge is 0.255 e. The van der Waals surface area contributed by atoms with Crippen LogP contribution in [0.5, 0.6) is 0 Å². The lowest BCUT2D eigenvalue weighted by Gasteiger charge is -2.17. The SMILES string of the molecule is CN1CCOCc2cccc(c2)NC(=O)c2cccc(c2)C(=O)Nc2cccc(c2)COCC1. The number of amides is 2. The van der Waals surface area contributed by atoms with E-state index in [4.69, 9.17) is 9.47 Å². The Labute approximate surface area is 199 Å². The van der Waals surface area contributed by atoms with E-state index < -0.39 is 0 Å². The molecule has 0 spiro atoms. The lowest BCUT2D eigenvalue weighted by molar-refractivity contribution is 0.0731. The van der Waals surface area contributed by atoms with Gasteiger partial charge in [0, 0.05) is 35.6 Å². The Hall–Kier alpha value is -3.52. The second-order valence-corrected chi connectivity index (χ2v) is 8.30. The predicted octanol–water partition coefficient (Wildman–Crippen LogP) is 4.17. The van der Waals surface area contributed by atoms with Crippen LogP contribution in [0.3, 0.4) is 0 Å². The number of rotatable bonds is 0. The maximum absolute atomic E-state index is 12.8. The van der Waals surface area contributed by atoms with Crippen molar-refractivity contribution in [3.8, 4) is 0 Å². The quantitative estimate of drug-likeness (QED) is 0.528. The molecule has 0 aliphatic carbocycles. The molecule has 7 nitrogen and oxygen atoms in total. The van der Waals surface area contributed by atoms with Gasteiger partial charge in [-0.1, -0.05) is 30.3 Å². The second-order valence-electron chi connectivity index (χ2n) is 8.30. The van der Waals surface area contributed by atoms with E-state index in [1.54, 1.807) is 24.3 Å². The molecule has 0 atom stereocenters. The summed E-state index contributed by atoms with van der Waals surface area (Å²) in [5, 5.41) is 5.81. The van der Waals surface area contributed by atoms with Crippen molar-refractivity contribution in [2.45, 2.75) is 13.2 Å². The summed E-state index contributed by atoms with van der Waals surface area (Å²) in [6.45, 7) is 3.69. The lowest BCUT2D eigenvalue weighted by atomic mass is 10.1. The van der Waals surface area contributed by atoms with Gasteiger partial charge in [0.2, 0.25) is 0 Å². The highest BCUT2D eigenvalue weighted by molar-refractivity contribution is 6.08. The number of hydrogen-bond acceptors (Lipinski definition) is 5. The maximum Gasteiger partial charge on any atom is 0.255 e. The first-order chi connectivity index (χ1) is 16.6. The number of ether oxygens (including phenoxy) is 2. The summed E-state index contributed by atoms with van der Waals surface area (Å²) in [5.74, 6) is -0.564. The van der Waals surface area contributed by atoms with Crippen molar-refractivity contribution in [1.29, 1.82) is 0 Å². The molecule has 7 heteroatoms. The molecule has 1 heterocycles. The Morgan fingerprint density at radius 2 is 1.15 bits per heavy atom. The van der Waals surface area contributed by atoms with Gasteiger partial charge in [-0.25, -0.2) is 0 Å². The Morgan fingerprint density at radius 1 is 0.676 bits per heavy atom. The van der Waals surface area contributed by atoms with Gasteiger partial charge in [0.1, 0.15) is 0 Å². The van der Waals surface area contributed by atoms with Gasteiger partial charge in [-0.05, 0) is 60.6 Å². The van der Waals surface area contributed by atoms with E-state index in [1.807, 2.05) is 55.6 Å². The van der Waals surface area contributed by atoms with Crippen molar-refractivity contribution in [3.05, 3.63) is 95.1 Å². The average molecular weight is 460 g/mol. The molecule has 0 saturated carbocycles. The van der Waals surface area contributed by atoms with Crippen LogP contribution < -0.4 is 10.6 Å². The molecule has 0 radical (unpaired) electrons. The molecule has 1 aliphatic rings. The number of hydrogen-bond donors (Lipinski definition) is 2. The zero-order valence-corrected chi connectivity index (χ0v) is 19.3. The Morgan fingerprint density at radius 3 is 1.65 bits per heavy atom. The minimum Gasteiger partial charge on any atom is -0.375 e. The van der Waals surface area contributed by atoms with Gasteiger partial charge in [-0.15, -0.1) is 0 Å². The van der Waals surface area contributed by atoms with Crippen molar-refractivity contribution in [3.63, 3.8) is 0 Å². The van der Waals surface area contributed by atoms with E-state index >= 15 is 0 Å². The minimum absolute atomic E-state index is 0.282. The van der Waals surface area contributed by atoms with Crippen molar-refractivity contribution in [1.82, 2.24) is 4.90 Å². The molecule has 176 valence electrons. The third kappa shape index (κ3) is 6.74. The van der Waals surface area contributed by atoms with Crippen molar-refractivity contribution < 1.29 is 19.1 Å². The van der Waals surface area contributed by atoms with Gasteiger partial charge < -0.3 is 25.0 Å². The monoisotopic (exact) mass is 459 g/mol. The molecule has 6 bridgehead atoms. The van der Waals surface area contributed by atoms with E-state index in [1.165, 1.54) is 0 Å². The van der Waals surface area contributed by atoms with Crippen molar-refractivity contribution in [2.24, 2.45) is 0 Å². The van der Waals surface area contributed by atoms with Crippen molar-refractivity contribution >= 4 is 23.2 Å². The molecule has 0 aromatic heterocycles. The number of likely N-dealkylation sites (N-methyl/N-ethyl adjacent to an activating group) is 1. The largest absolute Gasteiger partial charge is 0.375 e. The third-order valence-electron chi connectivity index (χ3n) is 5.53. The van der Waals surface area contributed by atoms with E-state index in [0.717, 1.165) is 24.2 Å². The van der Waals surface area contributed by atoms with Crippen LogP contribution in [-0.4, -0.2) is 50.1 Å². The van der Waals surface area contributed by atoms with Crippen LogP contribution in [0.2, 0.25) is 0 Å². The highest BCUT2D eigenvalue weighted by atomic mass is 16.5. The second kappa shape index (κ2) is 11.6. The van der Waals surface area contributed by atoms with Gasteiger partial charge in [-0.2, -0.15) is 0 Å². The van der Waals surface area contributed by atoms with Gasteiger partial charge in [0.25, 0.3) is 11.8 Å².